The number of nitrogens with one attached hydrogen (secondary N) is 1. The lowest BCUT2D eigenvalue weighted by Gasteiger charge is -2.38. The van der Waals surface area contributed by atoms with Crippen LogP contribution in [-0.4, -0.2) is 35.6 Å². The highest BCUT2D eigenvalue weighted by atomic mass is 16.5. The molecule has 0 bridgehead atoms. The zero-order chi connectivity index (χ0) is 17.0. The Balaban J connectivity index is 1.79. The maximum Gasteiger partial charge on any atom is 0.273 e. The third-order valence-electron chi connectivity index (χ3n) is 4.64. The molecule has 6 nitrogen and oxygen atoms in total. The van der Waals surface area contributed by atoms with Crippen molar-refractivity contribution in [3.63, 3.8) is 0 Å². The maximum absolute atomic E-state index is 12.4. The van der Waals surface area contributed by atoms with E-state index in [1.54, 1.807) is 0 Å². The van der Waals surface area contributed by atoms with Crippen LogP contribution in [0.2, 0.25) is 0 Å². The molecule has 6 heteroatoms. The number of rotatable bonds is 4. The predicted octanol–water partition coefficient (Wildman–Crippen LogP) is 1.85. The topological polar surface area (TPSA) is 90.1 Å². The number of hydrogen-bond acceptors (Lipinski definition) is 5. The fraction of sp³-hybridized carbons (Fsp3) is 0.389. The molecule has 0 saturated carbocycles. The first-order valence-corrected chi connectivity index (χ1v) is 8.10. The third-order valence-corrected chi connectivity index (χ3v) is 4.64. The van der Waals surface area contributed by atoms with E-state index in [0.29, 0.717) is 19.8 Å². The fourth-order valence-electron chi connectivity index (χ4n) is 3.09. The highest BCUT2D eigenvalue weighted by Crippen LogP contribution is 2.34. The SMILES string of the molecule is Cc1ccc(C2(CNC(=O)c3nccnc3N)CCOCC2)cc1. The van der Waals surface area contributed by atoms with E-state index in [2.05, 4.69) is 46.5 Å². The van der Waals surface area contributed by atoms with Gasteiger partial charge in [0.05, 0.1) is 0 Å². The summed E-state index contributed by atoms with van der Waals surface area (Å²) in [6, 6.07) is 8.50. The van der Waals surface area contributed by atoms with Gasteiger partial charge in [-0.25, -0.2) is 9.97 Å². The summed E-state index contributed by atoms with van der Waals surface area (Å²) in [5.74, 6) is -0.148. The normalized spacial score (nSPS) is 16.5. The van der Waals surface area contributed by atoms with Gasteiger partial charge < -0.3 is 15.8 Å². The number of nitrogens with two attached hydrogens (primary N) is 1. The van der Waals surface area contributed by atoms with Crippen LogP contribution in [-0.2, 0) is 10.2 Å². The molecule has 1 aliphatic heterocycles. The second-order valence-electron chi connectivity index (χ2n) is 6.23. The minimum Gasteiger partial charge on any atom is -0.382 e. The Morgan fingerprint density at radius 1 is 1.21 bits per heavy atom. The van der Waals surface area contributed by atoms with E-state index in [0.717, 1.165) is 12.8 Å². The Labute approximate surface area is 141 Å². The molecule has 2 heterocycles. The van der Waals surface area contributed by atoms with E-state index in [4.69, 9.17) is 10.5 Å². The second-order valence-corrected chi connectivity index (χ2v) is 6.23. The van der Waals surface area contributed by atoms with Gasteiger partial charge in [0.2, 0.25) is 0 Å². The van der Waals surface area contributed by atoms with Crippen LogP contribution < -0.4 is 11.1 Å². The zero-order valence-corrected chi connectivity index (χ0v) is 13.8. The molecule has 1 aromatic carbocycles. The minimum atomic E-state index is -0.293. The molecule has 0 spiro atoms. The van der Waals surface area contributed by atoms with Crippen molar-refractivity contribution in [2.45, 2.75) is 25.2 Å². The van der Waals surface area contributed by atoms with E-state index in [9.17, 15) is 4.79 Å². The highest BCUT2D eigenvalue weighted by molar-refractivity contribution is 5.96. The van der Waals surface area contributed by atoms with Gasteiger partial charge in [-0.05, 0) is 25.3 Å². The van der Waals surface area contributed by atoms with E-state index in [1.807, 2.05) is 0 Å². The van der Waals surface area contributed by atoms with Gasteiger partial charge >= 0.3 is 0 Å². The summed E-state index contributed by atoms with van der Waals surface area (Å²) in [5.41, 5.74) is 8.23. The smallest absolute Gasteiger partial charge is 0.273 e. The molecule has 2 aromatic rings. The Hall–Kier alpha value is -2.47. The van der Waals surface area contributed by atoms with Crippen LogP contribution in [0.15, 0.2) is 36.7 Å². The second kappa shape index (κ2) is 6.97. The molecule has 0 radical (unpaired) electrons. The van der Waals surface area contributed by atoms with Gasteiger partial charge in [-0.1, -0.05) is 29.8 Å². The van der Waals surface area contributed by atoms with Crippen molar-refractivity contribution in [3.05, 3.63) is 53.5 Å². The molecule has 1 aliphatic rings. The largest absolute Gasteiger partial charge is 0.382 e. The first-order chi connectivity index (χ1) is 11.6. The number of aryl methyl sites for hydroxylation is 1. The molecular weight excluding hydrogens is 304 g/mol. The van der Waals surface area contributed by atoms with Gasteiger partial charge in [0, 0.05) is 37.6 Å². The number of benzene rings is 1. The van der Waals surface area contributed by atoms with Crippen LogP contribution in [0.5, 0.6) is 0 Å². The van der Waals surface area contributed by atoms with Crippen molar-refractivity contribution < 1.29 is 9.53 Å². The van der Waals surface area contributed by atoms with E-state index < -0.39 is 0 Å². The lowest BCUT2D eigenvalue weighted by atomic mass is 9.74. The maximum atomic E-state index is 12.4. The first-order valence-electron chi connectivity index (χ1n) is 8.10. The number of amides is 1. The van der Waals surface area contributed by atoms with Crippen LogP contribution >= 0.6 is 0 Å². The van der Waals surface area contributed by atoms with Crippen LogP contribution in [0.4, 0.5) is 5.82 Å². The van der Waals surface area contributed by atoms with Crippen LogP contribution in [0.3, 0.4) is 0 Å². The predicted molar refractivity (Wildman–Crippen MR) is 91.7 cm³/mol. The molecule has 0 unspecified atom stereocenters. The highest BCUT2D eigenvalue weighted by Gasteiger charge is 2.35. The number of aromatic nitrogens is 2. The molecule has 3 N–H and O–H groups in total. The number of nitrogen functional groups attached to an aromatic ring is 1. The van der Waals surface area contributed by atoms with Crippen LogP contribution in [0.25, 0.3) is 0 Å². The summed E-state index contributed by atoms with van der Waals surface area (Å²) in [6.07, 6.45) is 4.67. The molecule has 0 aliphatic carbocycles. The third kappa shape index (κ3) is 3.38. The van der Waals surface area contributed by atoms with Crippen molar-refractivity contribution in [1.82, 2.24) is 15.3 Å². The zero-order valence-electron chi connectivity index (χ0n) is 13.8. The number of ether oxygens (including phenoxy) is 1. The standard InChI is InChI=1S/C18H22N4O2/c1-13-2-4-14(5-3-13)18(6-10-24-11-7-18)12-22-17(23)15-16(19)21-9-8-20-15/h2-5,8-9H,6-7,10-12H2,1H3,(H2,19,21)(H,22,23). The molecule has 24 heavy (non-hydrogen) atoms. The van der Waals surface area contributed by atoms with Gasteiger partial charge in [0.1, 0.15) is 0 Å². The minimum absolute atomic E-state index is 0.126. The monoisotopic (exact) mass is 326 g/mol. The number of carbonyl (C=O) groups excluding carboxylic acids is 1. The fourth-order valence-corrected chi connectivity index (χ4v) is 3.09. The van der Waals surface area contributed by atoms with Gasteiger partial charge in [0.25, 0.3) is 5.91 Å². The van der Waals surface area contributed by atoms with Crippen molar-refractivity contribution in [3.8, 4) is 0 Å². The molecule has 1 aromatic heterocycles. The average Bonchev–Trinajstić information content (AvgIpc) is 2.61. The molecule has 126 valence electrons. The van der Waals surface area contributed by atoms with Crippen molar-refractivity contribution >= 4 is 11.7 Å². The molecule has 3 rings (SSSR count). The Morgan fingerprint density at radius 2 is 1.88 bits per heavy atom. The van der Waals surface area contributed by atoms with Crippen molar-refractivity contribution in [2.24, 2.45) is 0 Å². The Morgan fingerprint density at radius 3 is 2.54 bits per heavy atom. The average molecular weight is 326 g/mol. The van der Waals surface area contributed by atoms with Crippen molar-refractivity contribution in [2.75, 3.05) is 25.5 Å². The summed E-state index contributed by atoms with van der Waals surface area (Å²) in [4.78, 5) is 20.4. The van der Waals surface area contributed by atoms with Gasteiger partial charge in [-0.2, -0.15) is 0 Å². The lowest BCUT2D eigenvalue weighted by Crippen LogP contribution is -2.44. The first kappa shape index (κ1) is 16.4. The summed E-state index contributed by atoms with van der Waals surface area (Å²) in [6.45, 7) is 3.97. The van der Waals surface area contributed by atoms with E-state index in [-0.39, 0.29) is 22.8 Å². The Bertz CT molecular complexity index is 709. The number of carbonyl (C=O) groups is 1. The van der Waals surface area contributed by atoms with Crippen molar-refractivity contribution in [1.29, 1.82) is 0 Å². The molecule has 1 amide bonds. The van der Waals surface area contributed by atoms with Crippen LogP contribution in [0, 0.1) is 6.92 Å². The molecule has 0 atom stereocenters. The quantitative estimate of drug-likeness (QED) is 0.895. The number of nitrogens with zero attached hydrogens (tertiary/aromatic N) is 2. The summed E-state index contributed by atoms with van der Waals surface area (Å²) in [5, 5.41) is 2.99. The molecular formula is C18H22N4O2. The summed E-state index contributed by atoms with van der Waals surface area (Å²) >= 11 is 0. The number of anilines is 1. The van der Waals surface area contributed by atoms with Crippen LogP contribution in [0.1, 0.15) is 34.5 Å². The van der Waals surface area contributed by atoms with E-state index >= 15 is 0 Å². The summed E-state index contributed by atoms with van der Waals surface area (Å²) < 4.78 is 5.53. The number of hydrogen-bond donors (Lipinski definition) is 2. The van der Waals surface area contributed by atoms with Gasteiger partial charge in [0.15, 0.2) is 11.5 Å². The lowest BCUT2D eigenvalue weighted by molar-refractivity contribution is 0.0486. The van der Waals surface area contributed by atoms with E-state index in [1.165, 1.54) is 23.5 Å². The molecule has 1 saturated heterocycles. The van der Waals surface area contributed by atoms with Gasteiger partial charge in [-0.3, -0.25) is 4.79 Å². The summed E-state index contributed by atoms with van der Waals surface area (Å²) in [7, 11) is 0. The molecule has 1 fully saturated rings. The van der Waals surface area contributed by atoms with Gasteiger partial charge in [-0.15, -0.1) is 0 Å². The Kier molecular flexibility index (Phi) is 4.76.